The molecule has 6 atom stereocenters. The number of aliphatic hydroxyl groups excluding tert-OH is 1. The first-order chi connectivity index (χ1) is 17.7. The molecular weight excluding hydrogens is 472 g/mol. The number of aliphatic hydroxyl groups is 1. The predicted molar refractivity (Wildman–Crippen MR) is 139 cm³/mol. The van der Waals surface area contributed by atoms with Crippen molar-refractivity contribution in [2.45, 2.75) is 56.9 Å². The molecule has 3 aliphatic rings. The minimum Gasteiger partial charge on any atom is -0.481 e. The second kappa shape index (κ2) is 9.58. The van der Waals surface area contributed by atoms with E-state index >= 15 is 0 Å². The lowest BCUT2D eigenvalue weighted by Crippen LogP contribution is -2.59. The number of ether oxygens (including phenoxy) is 1. The summed E-state index contributed by atoms with van der Waals surface area (Å²) in [6, 6.07) is 11.9. The quantitative estimate of drug-likeness (QED) is 0.506. The third kappa shape index (κ3) is 3.94. The molecule has 2 N–H and O–H groups in total. The van der Waals surface area contributed by atoms with Gasteiger partial charge in [0, 0.05) is 12.2 Å². The van der Waals surface area contributed by atoms with Crippen LogP contribution in [0.15, 0.2) is 55.1 Å². The van der Waals surface area contributed by atoms with Gasteiger partial charge >= 0.3 is 5.97 Å². The lowest BCUT2D eigenvalue weighted by Gasteiger charge is -2.39. The number of amides is 2. The zero-order chi connectivity index (χ0) is 26.5. The highest BCUT2D eigenvalue weighted by atomic mass is 16.5. The predicted octanol–water partition coefficient (Wildman–Crippen LogP) is 3.23. The largest absolute Gasteiger partial charge is 0.481 e. The number of benzene rings is 2. The summed E-state index contributed by atoms with van der Waals surface area (Å²) in [5.74, 6) is -3.66. The average molecular weight is 507 g/mol. The fraction of sp³-hybridized carbons (Fsp3) is 0.483. The number of nitrogens with zero attached hydrogens (tertiary/aromatic N) is 2. The normalized spacial score (nSPS) is 29.1. The molecule has 2 unspecified atom stereocenters. The lowest BCUT2D eigenvalue weighted by molar-refractivity contribution is -0.151. The second-order valence-electron chi connectivity index (χ2n) is 10.9. The minimum atomic E-state index is -1.23. The molecule has 0 radical (unpaired) electrons. The molecule has 196 valence electrons. The van der Waals surface area contributed by atoms with Gasteiger partial charge in [-0.1, -0.05) is 50.3 Å². The van der Waals surface area contributed by atoms with Crippen LogP contribution in [0.4, 0.5) is 5.69 Å². The number of carbonyl (C=O) groups is 3. The highest BCUT2D eigenvalue weighted by molar-refractivity contribution is 6.05. The first-order valence-electron chi connectivity index (χ1n) is 13.0. The number of carboxylic acid groups (broad SMARTS) is 1. The first-order valence-corrected chi connectivity index (χ1v) is 13.0. The maximum atomic E-state index is 14.5. The molecule has 3 saturated heterocycles. The molecule has 2 aromatic carbocycles. The summed E-state index contributed by atoms with van der Waals surface area (Å²) >= 11 is 0. The molecule has 0 aromatic heterocycles. The van der Waals surface area contributed by atoms with Crippen LogP contribution in [0.1, 0.15) is 33.1 Å². The SMILES string of the molecule is C=CCN(C(=O)C1N([C@@H](CO)CC(C)C)C(=O)[C@@H]2[C@H](C(=O)O)[C@@H]3CCC12O3)c1ccc2ccccc2c1. The van der Waals surface area contributed by atoms with Gasteiger partial charge in [-0.2, -0.15) is 0 Å². The summed E-state index contributed by atoms with van der Waals surface area (Å²) in [5.41, 5.74) is -0.578. The summed E-state index contributed by atoms with van der Waals surface area (Å²) in [4.78, 5) is 43.8. The number of likely N-dealkylation sites (tertiary alicyclic amines) is 1. The number of hydrogen-bond donors (Lipinski definition) is 2. The van der Waals surface area contributed by atoms with E-state index in [4.69, 9.17) is 4.74 Å². The summed E-state index contributed by atoms with van der Waals surface area (Å²) < 4.78 is 6.33. The van der Waals surface area contributed by atoms with Crippen molar-refractivity contribution in [3.05, 3.63) is 55.1 Å². The summed E-state index contributed by atoms with van der Waals surface area (Å²) in [5, 5.41) is 22.4. The molecule has 8 heteroatoms. The second-order valence-corrected chi connectivity index (χ2v) is 10.9. The van der Waals surface area contributed by atoms with Crippen LogP contribution < -0.4 is 4.90 Å². The van der Waals surface area contributed by atoms with Gasteiger partial charge in [0.1, 0.15) is 11.6 Å². The molecule has 3 fully saturated rings. The van der Waals surface area contributed by atoms with Crippen LogP contribution in [-0.4, -0.2) is 69.8 Å². The van der Waals surface area contributed by atoms with Gasteiger partial charge in [-0.05, 0) is 48.1 Å². The van der Waals surface area contributed by atoms with Crippen molar-refractivity contribution < 1.29 is 29.3 Å². The number of anilines is 1. The van der Waals surface area contributed by atoms with Crippen molar-refractivity contribution in [1.29, 1.82) is 0 Å². The molecule has 5 rings (SSSR count). The van der Waals surface area contributed by atoms with E-state index in [-0.39, 0.29) is 25.0 Å². The van der Waals surface area contributed by atoms with Crippen molar-refractivity contribution in [1.82, 2.24) is 4.90 Å². The number of hydrogen-bond acceptors (Lipinski definition) is 5. The number of aliphatic carboxylic acids is 1. The van der Waals surface area contributed by atoms with Crippen LogP contribution in [0.25, 0.3) is 10.8 Å². The Morgan fingerprint density at radius 3 is 2.62 bits per heavy atom. The first kappa shape index (κ1) is 25.4. The van der Waals surface area contributed by atoms with Gasteiger partial charge in [0.05, 0.1) is 30.6 Å². The Labute approximate surface area is 216 Å². The van der Waals surface area contributed by atoms with E-state index in [0.29, 0.717) is 24.9 Å². The average Bonchev–Trinajstić information content (AvgIpc) is 3.52. The summed E-state index contributed by atoms with van der Waals surface area (Å²) in [6.45, 7) is 7.70. The Hall–Kier alpha value is -3.23. The van der Waals surface area contributed by atoms with Gasteiger partial charge in [0.25, 0.3) is 5.91 Å². The smallest absolute Gasteiger partial charge is 0.310 e. The van der Waals surface area contributed by atoms with Crippen LogP contribution in [0, 0.1) is 17.8 Å². The Balaban J connectivity index is 1.62. The third-order valence-electron chi connectivity index (χ3n) is 8.23. The van der Waals surface area contributed by atoms with E-state index in [0.717, 1.165) is 10.8 Å². The van der Waals surface area contributed by atoms with Crippen molar-refractivity contribution in [2.24, 2.45) is 17.8 Å². The molecule has 2 aromatic rings. The van der Waals surface area contributed by atoms with E-state index in [9.17, 15) is 24.6 Å². The standard InChI is InChI=1S/C29H34N2O6/c1-4-13-30(20-10-9-18-7-5-6-8-19(18)15-20)27(34)25-29-12-11-22(37-29)23(28(35)36)24(29)26(33)31(25)21(16-32)14-17(2)3/h4-10,15,17,21-25,32H,1,11-14,16H2,2-3H3,(H,35,36)/t21-,22+,23-,24+,25?,29?/m1/s1. The maximum absolute atomic E-state index is 14.5. The van der Waals surface area contributed by atoms with E-state index < -0.39 is 47.5 Å². The van der Waals surface area contributed by atoms with E-state index in [2.05, 4.69) is 6.58 Å². The third-order valence-corrected chi connectivity index (χ3v) is 8.23. The Kier molecular flexibility index (Phi) is 6.58. The molecule has 3 aliphatic heterocycles. The molecule has 2 bridgehead atoms. The van der Waals surface area contributed by atoms with Crippen molar-refractivity contribution in [3.8, 4) is 0 Å². The van der Waals surface area contributed by atoms with Crippen molar-refractivity contribution >= 4 is 34.2 Å². The molecule has 1 spiro atoms. The van der Waals surface area contributed by atoms with Gasteiger partial charge in [0.2, 0.25) is 5.91 Å². The van der Waals surface area contributed by atoms with Gasteiger partial charge in [-0.15, -0.1) is 6.58 Å². The van der Waals surface area contributed by atoms with Gasteiger partial charge in [0.15, 0.2) is 0 Å². The molecule has 2 amide bonds. The molecular formula is C29H34N2O6. The summed E-state index contributed by atoms with van der Waals surface area (Å²) in [6.07, 6.45) is 2.41. The van der Waals surface area contributed by atoms with E-state index in [1.165, 1.54) is 4.90 Å². The Morgan fingerprint density at radius 2 is 1.97 bits per heavy atom. The molecule has 0 saturated carbocycles. The van der Waals surface area contributed by atoms with Crippen molar-refractivity contribution in [3.63, 3.8) is 0 Å². The fourth-order valence-corrected chi connectivity index (χ4v) is 6.81. The highest BCUT2D eigenvalue weighted by Crippen LogP contribution is 2.59. The van der Waals surface area contributed by atoms with Gasteiger partial charge in [-0.25, -0.2) is 0 Å². The number of carboxylic acids is 1. The van der Waals surface area contributed by atoms with Crippen LogP contribution in [0.5, 0.6) is 0 Å². The van der Waals surface area contributed by atoms with E-state index in [1.807, 2.05) is 56.3 Å². The molecule has 37 heavy (non-hydrogen) atoms. The minimum absolute atomic E-state index is 0.149. The molecule has 8 nitrogen and oxygen atoms in total. The van der Waals surface area contributed by atoms with Crippen LogP contribution in [-0.2, 0) is 19.1 Å². The van der Waals surface area contributed by atoms with Gasteiger partial charge in [-0.3, -0.25) is 14.4 Å². The monoisotopic (exact) mass is 506 g/mol. The van der Waals surface area contributed by atoms with Crippen LogP contribution in [0.3, 0.4) is 0 Å². The zero-order valence-corrected chi connectivity index (χ0v) is 21.2. The number of carbonyl (C=O) groups excluding carboxylic acids is 2. The zero-order valence-electron chi connectivity index (χ0n) is 21.2. The Morgan fingerprint density at radius 1 is 1.24 bits per heavy atom. The topological polar surface area (TPSA) is 107 Å². The van der Waals surface area contributed by atoms with Crippen LogP contribution in [0.2, 0.25) is 0 Å². The molecule has 0 aliphatic carbocycles. The summed E-state index contributed by atoms with van der Waals surface area (Å²) in [7, 11) is 0. The number of fused-ring (bicyclic) bond motifs is 2. The highest BCUT2D eigenvalue weighted by Gasteiger charge is 2.75. The lowest BCUT2D eigenvalue weighted by atomic mass is 9.70. The maximum Gasteiger partial charge on any atom is 0.310 e. The van der Waals surface area contributed by atoms with E-state index in [1.54, 1.807) is 11.0 Å². The Bertz CT molecular complexity index is 1240. The molecule has 3 heterocycles. The van der Waals surface area contributed by atoms with Gasteiger partial charge < -0.3 is 24.7 Å². The fourth-order valence-electron chi connectivity index (χ4n) is 6.81. The van der Waals surface area contributed by atoms with Crippen LogP contribution >= 0.6 is 0 Å². The van der Waals surface area contributed by atoms with Crippen molar-refractivity contribution in [2.75, 3.05) is 18.1 Å². The number of rotatable bonds is 9.